The summed E-state index contributed by atoms with van der Waals surface area (Å²) in [6.07, 6.45) is 4.69. The number of hydrogen-bond donors (Lipinski definition) is 2. The van der Waals surface area contributed by atoms with Crippen molar-refractivity contribution in [3.63, 3.8) is 0 Å². The van der Waals surface area contributed by atoms with Gasteiger partial charge in [-0.3, -0.25) is 10.1 Å². The molecular formula is C13H17N3O5. The van der Waals surface area contributed by atoms with E-state index in [9.17, 15) is 20.0 Å². The van der Waals surface area contributed by atoms with Crippen LogP contribution in [-0.4, -0.2) is 45.3 Å². The summed E-state index contributed by atoms with van der Waals surface area (Å²) in [7, 11) is 0. The SMILES string of the molecule is O=C(O)c1cc(N2CCCCCC2CO)ncc1[N+](=O)[O-]. The topological polar surface area (TPSA) is 117 Å². The fraction of sp³-hybridized carbons (Fsp3) is 0.538. The van der Waals surface area contributed by atoms with Gasteiger partial charge in [0.25, 0.3) is 0 Å². The molecule has 1 aromatic rings. The lowest BCUT2D eigenvalue weighted by Gasteiger charge is -2.29. The maximum atomic E-state index is 11.2. The van der Waals surface area contributed by atoms with E-state index in [1.165, 1.54) is 6.07 Å². The lowest BCUT2D eigenvalue weighted by molar-refractivity contribution is -0.385. The summed E-state index contributed by atoms with van der Waals surface area (Å²) in [6, 6.07) is 1.08. The molecule has 2 rings (SSSR count). The van der Waals surface area contributed by atoms with E-state index in [0.29, 0.717) is 12.4 Å². The molecule has 8 heteroatoms. The number of nitrogens with zero attached hydrogens (tertiary/aromatic N) is 3. The summed E-state index contributed by atoms with van der Waals surface area (Å²) < 4.78 is 0. The van der Waals surface area contributed by atoms with Crippen molar-refractivity contribution in [3.05, 3.63) is 27.9 Å². The van der Waals surface area contributed by atoms with Gasteiger partial charge in [0.2, 0.25) is 0 Å². The van der Waals surface area contributed by atoms with Gasteiger partial charge in [-0.15, -0.1) is 0 Å². The number of carboxylic acid groups (broad SMARTS) is 1. The molecule has 1 saturated heterocycles. The van der Waals surface area contributed by atoms with Crippen LogP contribution in [0.3, 0.4) is 0 Å². The molecule has 0 bridgehead atoms. The largest absolute Gasteiger partial charge is 0.477 e. The van der Waals surface area contributed by atoms with Crippen molar-refractivity contribution in [2.75, 3.05) is 18.1 Å². The first-order valence-corrected chi connectivity index (χ1v) is 6.80. The van der Waals surface area contributed by atoms with Crippen LogP contribution in [0.15, 0.2) is 12.3 Å². The Labute approximate surface area is 121 Å². The average molecular weight is 295 g/mol. The van der Waals surface area contributed by atoms with Gasteiger partial charge < -0.3 is 15.1 Å². The first-order valence-electron chi connectivity index (χ1n) is 6.80. The predicted octanol–water partition coefficient (Wildman–Crippen LogP) is 1.43. The maximum absolute atomic E-state index is 11.2. The molecule has 0 spiro atoms. The highest BCUT2D eigenvalue weighted by Crippen LogP contribution is 2.26. The molecule has 0 saturated carbocycles. The third kappa shape index (κ3) is 3.27. The average Bonchev–Trinajstić information content (AvgIpc) is 2.71. The number of aliphatic hydroxyl groups excluding tert-OH is 1. The Hall–Kier alpha value is -2.22. The number of aromatic carboxylic acids is 1. The molecule has 1 unspecified atom stereocenters. The fourth-order valence-corrected chi connectivity index (χ4v) is 2.58. The van der Waals surface area contributed by atoms with Crippen LogP contribution in [-0.2, 0) is 0 Å². The lowest BCUT2D eigenvalue weighted by atomic mass is 10.1. The summed E-state index contributed by atoms with van der Waals surface area (Å²) in [6.45, 7) is 0.593. The van der Waals surface area contributed by atoms with E-state index >= 15 is 0 Å². The monoisotopic (exact) mass is 295 g/mol. The molecule has 2 heterocycles. The van der Waals surface area contributed by atoms with Gasteiger partial charge in [0, 0.05) is 12.6 Å². The van der Waals surface area contributed by atoms with E-state index in [1.807, 2.05) is 4.90 Å². The number of carbonyl (C=O) groups is 1. The molecule has 1 fully saturated rings. The number of carboxylic acids is 1. The van der Waals surface area contributed by atoms with Crippen LogP contribution in [0.2, 0.25) is 0 Å². The van der Waals surface area contributed by atoms with Crippen molar-refractivity contribution in [3.8, 4) is 0 Å². The normalized spacial score (nSPS) is 19.1. The Morgan fingerprint density at radius 2 is 2.24 bits per heavy atom. The molecular weight excluding hydrogens is 278 g/mol. The van der Waals surface area contributed by atoms with Gasteiger partial charge in [0.1, 0.15) is 17.6 Å². The van der Waals surface area contributed by atoms with Crippen LogP contribution in [0.25, 0.3) is 0 Å². The van der Waals surface area contributed by atoms with Crippen LogP contribution < -0.4 is 4.90 Å². The van der Waals surface area contributed by atoms with Crippen molar-refractivity contribution < 1.29 is 19.9 Å². The Morgan fingerprint density at radius 1 is 1.48 bits per heavy atom. The van der Waals surface area contributed by atoms with Gasteiger partial charge in [-0.1, -0.05) is 12.8 Å². The van der Waals surface area contributed by atoms with Gasteiger partial charge in [-0.05, 0) is 12.8 Å². The Kier molecular flexibility index (Phi) is 4.69. The van der Waals surface area contributed by atoms with E-state index < -0.39 is 16.6 Å². The minimum atomic E-state index is -1.36. The summed E-state index contributed by atoms with van der Waals surface area (Å²) >= 11 is 0. The standard InChI is InChI=1S/C13H17N3O5/c17-8-9-4-2-1-3-5-15(9)12-6-10(13(18)19)11(7-14-12)16(20)21/h6-7,9,17H,1-5,8H2,(H,18,19). The first kappa shape index (κ1) is 15.2. The fourth-order valence-electron chi connectivity index (χ4n) is 2.58. The molecule has 0 radical (unpaired) electrons. The van der Waals surface area contributed by atoms with Gasteiger partial charge in [0.05, 0.1) is 17.6 Å². The third-order valence-corrected chi connectivity index (χ3v) is 3.68. The number of anilines is 1. The maximum Gasteiger partial charge on any atom is 0.342 e. The van der Waals surface area contributed by atoms with Crippen LogP contribution in [0.4, 0.5) is 11.5 Å². The highest BCUT2D eigenvalue weighted by Gasteiger charge is 2.26. The molecule has 1 aliphatic heterocycles. The summed E-state index contributed by atoms with van der Waals surface area (Å²) in [5.41, 5.74) is -0.910. The van der Waals surface area contributed by atoms with E-state index in [-0.39, 0.29) is 18.2 Å². The Bertz CT molecular complexity index is 549. The summed E-state index contributed by atoms with van der Waals surface area (Å²) in [5, 5.41) is 29.4. The molecule has 0 aliphatic carbocycles. The minimum absolute atomic E-state index is 0.0545. The number of aliphatic hydroxyl groups is 1. The second kappa shape index (κ2) is 6.49. The molecule has 1 atom stereocenters. The second-order valence-corrected chi connectivity index (χ2v) is 5.00. The molecule has 114 valence electrons. The van der Waals surface area contributed by atoms with Crippen LogP contribution in [0.5, 0.6) is 0 Å². The number of aromatic nitrogens is 1. The molecule has 1 aromatic heterocycles. The zero-order chi connectivity index (χ0) is 15.4. The van der Waals surface area contributed by atoms with Crippen molar-refractivity contribution in [2.24, 2.45) is 0 Å². The zero-order valence-electron chi connectivity index (χ0n) is 11.4. The first-order chi connectivity index (χ1) is 10.0. The minimum Gasteiger partial charge on any atom is -0.477 e. The number of hydrogen-bond acceptors (Lipinski definition) is 6. The zero-order valence-corrected chi connectivity index (χ0v) is 11.4. The summed E-state index contributed by atoms with van der Waals surface area (Å²) in [4.78, 5) is 27.1. The third-order valence-electron chi connectivity index (χ3n) is 3.68. The second-order valence-electron chi connectivity index (χ2n) is 5.00. The Balaban J connectivity index is 2.40. The van der Waals surface area contributed by atoms with Crippen LogP contribution in [0.1, 0.15) is 36.0 Å². The highest BCUT2D eigenvalue weighted by atomic mass is 16.6. The summed E-state index contributed by atoms with van der Waals surface area (Å²) in [5.74, 6) is -1.00. The molecule has 21 heavy (non-hydrogen) atoms. The van der Waals surface area contributed by atoms with Gasteiger partial charge in [0.15, 0.2) is 0 Å². The van der Waals surface area contributed by atoms with E-state index in [0.717, 1.165) is 31.9 Å². The molecule has 0 amide bonds. The van der Waals surface area contributed by atoms with E-state index in [1.54, 1.807) is 0 Å². The quantitative estimate of drug-likeness (QED) is 0.637. The van der Waals surface area contributed by atoms with Gasteiger partial charge >= 0.3 is 11.7 Å². The van der Waals surface area contributed by atoms with Gasteiger partial charge in [-0.25, -0.2) is 9.78 Å². The molecule has 0 aromatic carbocycles. The Morgan fingerprint density at radius 3 is 2.86 bits per heavy atom. The smallest absolute Gasteiger partial charge is 0.342 e. The van der Waals surface area contributed by atoms with E-state index in [2.05, 4.69) is 4.98 Å². The molecule has 1 aliphatic rings. The molecule has 2 N–H and O–H groups in total. The van der Waals surface area contributed by atoms with E-state index in [4.69, 9.17) is 5.11 Å². The number of nitro groups is 1. The van der Waals surface area contributed by atoms with Crippen molar-refractivity contribution in [1.82, 2.24) is 4.98 Å². The lowest BCUT2D eigenvalue weighted by Crippen LogP contribution is -2.38. The van der Waals surface area contributed by atoms with Crippen molar-refractivity contribution in [1.29, 1.82) is 0 Å². The number of pyridine rings is 1. The van der Waals surface area contributed by atoms with Crippen molar-refractivity contribution >= 4 is 17.5 Å². The molecule has 8 nitrogen and oxygen atoms in total. The van der Waals surface area contributed by atoms with Crippen LogP contribution >= 0.6 is 0 Å². The van der Waals surface area contributed by atoms with Crippen LogP contribution in [0, 0.1) is 10.1 Å². The van der Waals surface area contributed by atoms with Crippen molar-refractivity contribution in [2.45, 2.75) is 31.7 Å². The highest BCUT2D eigenvalue weighted by molar-refractivity contribution is 5.93. The predicted molar refractivity (Wildman–Crippen MR) is 74.5 cm³/mol. The number of rotatable bonds is 4. The van der Waals surface area contributed by atoms with Gasteiger partial charge in [-0.2, -0.15) is 0 Å².